The highest BCUT2D eigenvalue weighted by Gasteiger charge is 2.15. The zero-order valence-corrected chi connectivity index (χ0v) is 16.4. The van der Waals surface area contributed by atoms with Crippen molar-refractivity contribution in [1.82, 2.24) is 4.72 Å². The van der Waals surface area contributed by atoms with E-state index in [-0.39, 0.29) is 17.0 Å². The molecular weight excluding hydrogens is 407 g/mol. The smallest absolute Gasteiger partial charge is 0.255 e. The second-order valence-electron chi connectivity index (χ2n) is 6.09. The molecule has 0 atom stereocenters. The topological polar surface area (TPSA) is 84.5 Å². The molecule has 3 aromatic carbocycles. The van der Waals surface area contributed by atoms with Gasteiger partial charge in [-0.15, -0.1) is 6.42 Å². The predicted molar refractivity (Wildman–Crippen MR) is 111 cm³/mol. The van der Waals surface area contributed by atoms with Gasteiger partial charge in [-0.3, -0.25) is 4.79 Å². The van der Waals surface area contributed by atoms with Gasteiger partial charge in [-0.25, -0.2) is 12.8 Å². The van der Waals surface area contributed by atoms with Crippen LogP contribution in [0.3, 0.4) is 0 Å². The molecule has 3 rings (SSSR count). The van der Waals surface area contributed by atoms with Crippen LogP contribution in [0.25, 0.3) is 0 Å². The van der Waals surface area contributed by atoms with Crippen molar-refractivity contribution in [1.29, 1.82) is 0 Å². The van der Waals surface area contributed by atoms with E-state index in [9.17, 15) is 17.6 Å². The molecule has 0 radical (unpaired) electrons. The number of hydrogen-bond donors (Lipinski definition) is 2. The molecule has 0 spiro atoms. The normalized spacial score (nSPS) is 10.8. The Labute approximate surface area is 173 Å². The summed E-state index contributed by atoms with van der Waals surface area (Å²) in [6.07, 6.45) is 5.07. The highest BCUT2D eigenvalue weighted by atomic mass is 32.2. The van der Waals surface area contributed by atoms with E-state index in [1.165, 1.54) is 42.5 Å². The van der Waals surface area contributed by atoms with Crippen molar-refractivity contribution in [3.8, 4) is 23.8 Å². The van der Waals surface area contributed by atoms with E-state index in [2.05, 4.69) is 16.0 Å². The summed E-state index contributed by atoms with van der Waals surface area (Å²) < 4.78 is 45.3. The van der Waals surface area contributed by atoms with Gasteiger partial charge >= 0.3 is 0 Å². The van der Waals surface area contributed by atoms with Gasteiger partial charge in [0.25, 0.3) is 5.91 Å². The Balaban J connectivity index is 1.69. The minimum atomic E-state index is -3.81. The van der Waals surface area contributed by atoms with Gasteiger partial charge in [0.05, 0.1) is 11.4 Å². The first-order chi connectivity index (χ1) is 14.4. The lowest BCUT2D eigenvalue weighted by Crippen LogP contribution is -2.24. The van der Waals surface area contributed by atoms with Gasteiger partial charge in [-0.2, -0.15) is 4.72 Å². The van der Waals surface area contributed by atoms with Crippen LogP contribution in [0.15, 0.2) is 77.7 Å². The Morgan fingerprint density at radius 1 is 1.00 bits per heavy atom. The number of sulfonamides is 1. The summed E-state index contributed by atoms with van der Waals surface area (Å²) in [5.41, 5.74) is 0.643. The van der Waals surface area contributed by atoms with Crippen molar-refractivity contribution in [2.24, 2.45) is 0 Å². The van der Waals surface area contributed by atoms with E-state index < -0.39 is 21.7 Å². The van der Waals surface area contributed by atoms with Crippen LogP contribution < -0.4 is 14.8 Å². The lowest BCUT2D eigenvalue weighted by atomic mass is 10.2. The van der Waals surface area contributed by atoms with Crippen molar-refractivity contribution < 1.29 is 22.3 Å². The maximum atomic E-state index is 13.2. The molecule has 0 aliphatic rings. The van der Waals surface area contributed by atoms with Crippen molar-refractivity contribution in [3.63, 3.8) is 0 Å². The van der Waals surface area contributed by atoms with Crippen molar-refractivity contribution in [3.05, 3.63) is 84.2 Å². The number of nitrogens with one attached hydrogen (secondary N) is 2. The molecule has 0 heterocycles. The molecule has 6 nitrogen and oxygen atoms in total. The summed E-state index contributed by atoms with van der Waals surface area (Å²) in [6.45, 7) is -0.150. The number of hydrogen-bond acceptors (Lipinski definition) is 4. The van der Waals surface area contributed by atoms with Gasteiger partial charge in [-0.1, -0.05) is 18.1 Å². The van der Waals surface area contributed by atoms with Crippen LogP contribution in [-0.4, -0.2) is 20.9 Å². The van der Waals surface area contributed by atoms with E-state index in [1.807, 2.05) is 0 Å². The summed E-state index contributed by atoms with van der Waals surface area (Å²) in [5, 5.41) is 2.68. The molecule has 0 aliphatic heterocycles. The molecule has 0 unspecified atom stereocenters. The summed E-state index contributed by atoms with van der Waals surface area (Å²) in [4.78, 5) is 12.4. The molecule has 0 aliphatic carbocycles. The first-order valence-electron chi connectivity index (χ1n) is 8.75. The second-order valence-corrected chi connectivity index (χ2v) is 7.86. The zero-order valence-electron chi connectivity index (χ0n) is 15.6. The zero-order chi connectivity index (χ0) is 21.6. The molecule has 0 fully saturated rings. The standard InChI is InChI=1S/C22H17FN2O4S/c1-2-13-24-30(27,28)21-8-3-5-16(14-21)22(26)25-18-9-11-19(12-10-18)29-20-7-4-6-17(23)15-20/h1,3-12,14-15,24H,13H2,(H,25,26). The fourth-order valence-corrected chi connectivity index (χ4v) is 3.48. The Morgan fingerprint density at radius 3 is 2.43 bits per heavy atom. The third-order valence-electron chi connectivity index (χ3n) is 3.91. The number of carbonyl (C=O) groups is 1. The van der Waals surface area contributed by atoms with E-state index >= 15 is 0 Å². The Hall–Kier alpha value is -3.67. The number of rotatable bonds is 7. The molecular formula is C22H17FN2O4S. The van der Waals surface area contributed by atoms with Crippen LogP contribution in [0.5, 0.6) is 11.5 Å². The molecule has 3 aromatic rings. The van der Waals surface area contributed by atoms with Crippen molar-refractivity contribution in [2.45, 2.75) is 4.90 Å². The molecule has 152 valence electrons. The van der Waals surface area contributed by atoms with Crippen LogP contribution in [0.1, 0.15) is 10.4 Å². The van der Waals surface area contributed by atoms with Gasteiger partial charge in [-0.05, 0) is 54.6 Å². The number of carbonyl (C=O) groups excluding carboxylic acids is 1. The molecule has 0 saturated carbocycles. The molecule has 1 amide bonds. The number of ether oxygens (including phenoxy) is 1. The van der Waals surface area contributed by atoms with E-state index in [0.717, 1.165) is 0 Å². The van der Waals surface area contributed by atoms with Crippen LogP contribution >= 0.6 is 0 Å². The minimum absolute atomic E-state index is 0.0655. The minimum Gasteiger partial charge on any atom is -0.457 e. The molecule has 2 N–H and O–H groups in total. The van der Waals surface area contributed by atoms with Crippen LogP contribution in [-0.2, 0) is 10.0 Å². The van der Waals surface area contributed by atoms with Gasteiger partial charge in [0.1, 0.15) is 17.3 Å². The van der Waals surface area contributed by atoms with Gasteiger partial charge < -0.3 is 10.1 Å². The lowest BCUT2D eigenvalue weighted by molar-refractivity contribution is 0.102. The van der Waals surface area contributed by atoms with Crippen molar-refractivity contribution in [2.75, 3.05) is 11.9 Å². The molecule has 0 bridgehead atoms. The Morgan fingerprint density at radius 2 is 1.73 bits per heavy atom. The van der Waals surface area contributed by atoms with Gasteiger partial charge in [0.2, 0.25) is 10.0 Å². The summed E-state index contributed by atoms with van der Waals surface area (Å²) in [6, 6.07) is 17.8. The maximum absolute atomic E-state index is 13.2. The number of anilines is 1. The third kappa shape index (κ3) is 5.44. The number of halogens is 1. The molecule has 30 heavy (non-hydrogen) atoms. The lowest BCUT2D eigenvalue weighted by Gasteiger charge is -2.09. The average molecular weight is 424 g/mol. The monoisotopic (exact) mass is 424 g/mol. The predicted octanol–water partition coefficient (Wildman–Crippen LogP) is 3.78. The van der Waals surface area contributed by atoms with Gasteiger partial charge in [0.15, 0.2) is 0 Å². The summed E-state index contributed by atoms with van der Waals surface area (Å²) >= 11 is 0. The van der Waals surface area contributed by atoms with Gasteiger partial charge in [0, 0.05) is 17.3 Å². The fraction of sp³-hybridized carbons (Fsp3) is 0.0455. The van der Waals surface area contributed by atoms with E-state index in [0.29, 0.717) is 17.2 Å². The average Bonchev–Trinajstić information content (AvgIpc) is 2.74. The third-order valence-corrected chi connectivity index (χ3v) is 5.31. The molecule has 0 aromatic heterocycles. The Kier molecular flexibility index (Phi) is 6.47. The quantitative estimate of drug-likeness (QED) is 0.566. The first-order valence-corrected chi connectivity index (χ1v) is 10.2. The summed E-state index contributed by atoms with van der Waals surface area (Å²) in [5.74, 6) is 2.11. The number of amides is 1. The largest absolute Gasteiger partial charge is 0.457 e. The van der Waals surface area contributed by atoms with Crippen LogP contribution in [0.2, 0.25) is 0 Å². The highest BCUT2D eigenvalue weighted by Crippen LogP contribution is 2.24. The number of terminal acetylenes is 1. The second kappa shape index (κ2) is 9.22. The number of benzene rings is 3. The fourth-order valence-electron chi connectivity index (χ4n) is 2.50. The summed E-state index contributed by atoms with van der Waals surface area (Å²) in [7, 11) is -3.81. The molecule has 0 saturated heterocycles. The van der Waals surface area contributed by atoms with E-state index in [4.69, 9.17) is 11.2 Å². The Bertz CT molecular complexity index is 1200. The van der Waals surface area contributed by atoms with Crippen LogP contribution in [0, 0.1) is 18.2 Å². The van der Waals surface area contributed by atoms with Crippen LogP contribution in [0.4, 0.5) is 10.1 Å². The van der Waals surface area contributed by atoms with Crippen molar-refractivity contribution >= 4 is 21.6 Å². The molecule has 8 heteroatoms. The SMILES string of the molecule is C#CCNS(=O)(=O)c1cccc(C(=O)Nc2ccc(Oc3cccc(F)c3)cc2)c1. The maximum Gasteiger partial charge on any atom is 0.255 e. The first kappa shape index (κ1) is 21.0. The van der Waals surface area contributed by atoms with E-state index in [1.54, 1.807) is 30.3 Å². The highest BCUT2D eigenvalue weighted by molar-refractivity contribution is 7.89.